The molecule has 3 rings (SSSR count). The minimum Gasteiger partial charge on any atom is -0.493 e. The van der Waals surface area contributed by atoms with Crippen LogP contribution in [0.2, 0.25) is 0 Å². The van der Waals surface area contributed by atoms with Gasteiger partial charge in [-0.2, -0.15) is 4.98 Å². The van der Waals surface area contributed by atoms with Crippen molar-refractivity contribution >= 4 is 5.78 Å². The number of rotatable bonds is 6. The number of methoxy groups -OCH3 is 1. The van der Waals surface area contributed by atoms with Crippen LogP contribution < -0.4 is 9.47 Å². The lowest BCUT2D eigenvalue weighted by atomic mass is 10.1. The van der Waals surface area contributed by atoms with Crippen molar-refractivity contribution in [1.29, 1.82) is 0 Å². The van der Waals surface area contributed by atoms with E-state index in [0.717, 1.165) is 0 Å². The predicted octanol–water partition coefficient (Wildman–Crippen LogP) is 3.12. The van der Waals surface area contributed by atoms with Crippen LogP contribution in [0, 0.1) is 0 Å². The summed E-state index contributed by atoms with van der Waals surface area (Å²) in [5, 5.41) is 3.82. The van der Waals surface area contributed by atoms with Gasteiger partial charge in [-0.1, -0.05) is 5.16 Å². The summed E-state index contributed by atoms with van der Waals surface area (Å²) in [6.45, 7) is 1.56. The largest absolute Gasteiger partial charge is 0.493 e. The van der Waals surface area contributed by atoms with Crippen molar-refractivity contribution in [3.63, 3.8) is 0 Å². The zero-order chi connectivity index (χ0) is 16.2. The van der Waals surface area contributed by atoms with Crippen LogP contribution in [0.5, 0.6) is 11.5 Å². The van der Waals surface area contributed by atoms with Crippen LogP contribution in [0.4, 0.5) is 0 Å². The van der Waals surface area contributed by atoms with E-state index in [9.17, 15) is 4.79 Å². The number of ketones is 1. The molecule has 118 valence electrons. The zero-order valence-electron chi connectivity index (χ0n) is 12.6. The van der Waals surface area contributed by atoms with Gasteiger partial charge in [0.15, 0.2) is 29.6 Å². The minimum atomic E-state index is -0.0464. The van der Waals surface area contributed by atoms with Crippen LogP contribution in [0.25, 0.3) is 11.6 Å². The summed E-state index contributed by atoms with van der Waals surface area (Å²) in [5.41, 5.74) is 0.548. The molecule has 0 aliphatic carbocycles. The fraction of sp³-hybridized carbons (Fsp3) is 0.188. The summed E-state index contributed by atoms with van der Waals surface area (Å²) in [5.74, 6) is 2.07. The number of aromatic nitrogens is 2. The SMILES string of the molecule is COc1cc(C(C)=O)ccc1OCc1nc(-c2ccco2)no1. The molecule has 0 amide bonds. The smallest absolute Gasteiger partial charge is 0.264 e. The van der Waals surface area contributed by atoms with Gasteiger partial charge in [0.1, 0.15) is 0 Å². The van der Waals surface area contributed by atoms with Gasteiger partial charge in [-0.15, -0.1) is 0 Å². The van der Waals surface area contributed by atoms with Gasteiger partial charge >= 0.3 is 0 Å². The lowest BCUT2D eigenvalue weighted by Crippen LogP contribution is -2.00. The Kier molecular flexibility index (Phi) is 4.09. The number of ether oxygens (including phenoxy) is 2. The average molecular weight is 314 g/mol. The Bertz CT molecular complexity index is 808. The van der Waals surface area contributed by atoms with E-state index in [-0.39, 0.29) is 12.4 Å². The van der Waals surface area contributed by atoms with Gasteiger partial charge in [0.25, 0.3) is 5.89 Å². The Morgan fingerprint density at radius 2 is 2.13 bits per heavy atom. The molecule has 0 unspecified atom stereocenters. The molecule has 2 heterocycles. The molecule has 0 aliphatic heterocycles. The summed E-state index contributed by atoms with van der Waals surface area (Å²) in [7, 11) is 1.51. The van der Waals surface area contributed by atoms with Gasteiger partial charge in [0, 0.05) is 5.56 Å². The maximum Gasteiger partial charge on any atom is 0.264 e. The first-order valence-corrected chi connectivity index (χ1v) is 6.85. The van der Waals surface area contributed by atoms with Crippen molar-refractivity contribution in [2.75, 3.05) is 7.11 Å². The number of furan rings is 1. The number of carbonyl (C=O) groups excluding carboxylic acids is 1. The molecule has 7 heteroatoms. The van der Waals surface area contributed by atoms with E-state index in [1.165, 1.54) is 20.3 Å². The third-order valence-corrected chi connectivity index (χ3v) is 3.13. The summed E-state index contributed by atoms with van der Waals surface area (Å²) in [4.78, 5) is 15.6. The molecule has 0 saturated carbocycles. The summed E-state index contributed by atoms with van der Waals surface area (Å²) in [6, 6.07) is 8.43. The fourth-order valence-electron chi connectivity index (χ4n) is 1.96. The highest BCUT2D eigenvalue weighted by Gasteiger charge is 2.13. The molecular formula is C16H14N2O5. The van der Waals surface area contributed by atoms with Crippen LogP contribution in [0.3, 0.4) is 0 Å². The summed E-state index contributed by atoms with van der Waals surface area (Å²) >= 11 is 0. The van der Waals surface area contributed by atoms with Crippen LogP contribution >= 0.6 is 0 Å². The molecule has 0 bridgehead atoms. The molecule has 0 spiro atoms. The monoisotopic (exact) mass is 314 g/mol. The summed E-state index contributed by atoms with van der Waals surface area (Å²) < 4.78 is 21.1. The average Bonchev–Trinajstić information content (AvgIpc) is 3.23. The van der Waals surface area contributed by atoms with Crippen LogP contribution in [0.1, 0.15) is 23.2 Å². The number of carbonyl (C=O) groups is 1. The Hall–Kier alpha value is -3.09. The van der Waals surface area contributed by atoms with Crippen LogP contribution in [0.15, 0.2) is 45.5 Å². The number of hydrogen-bond donors (Lipinski definition) is 0. The second-order valence-electron chi connectivity index (χ2n) is 4.70. The molecular weight excluding hydrogens is 300 g/mol. The zero-order valence-corrected chi connectivity index (χ0v) is 12.6. The molecule has 2 aromatic heterocycles. The van der Waals surface area contributed by atoms with E-state index >= 15 is 0 Å². The highest BCUT2D eigenvalue weighted by atomic mass is 16.5. The van der Waals surface area contributed by atoms with E-state index in [4.69, 9.17) is 18.4 Å². The van der Waals surface area contributed by atoms with Crippen molar-refractivity contribution in [1.82, 2.24) is 10.1 Å². The van der Waals surface area contributed by atoms with Crippen molar-refractivity contribution in [2.45, 2.75) is 13.5 Å². The normalized spacial score (nSPS) is 10.5. The molecule has 0 atom stereocenters. The standard InChI is InChI=1S/C16H14N2O5/c1-10(19)11-5-6-12(14(8-11)20-2)22-9-15-17-16(18-23-15)13-4-3-7-21-13/h3-8H,9H2,1-2H3. The number of Topliss-reactive ketones (excluding diaryl/α,β-unsaturated/α-hetero) is 1. The Labute approximate surface area is 131 Å². The lowest BCUT2D eigenvalue weighted by molar-refractivity contribution is 0.101. The van der Waals surface area contributed by atoms with Crippen molar-refractivity contribution in [3.8, 4) is 23.1 Å². The first-order chi connectivity index (χ1) is 11.2. The van der Waals surface area contributed by atoms with Crippen molar-refractivity contribution in [2.24, 2.45) is 0 Å². The maximum atomic E-state index is 11.4. The second kappa shape index (κ2) is 6.35. The fourth-order valence-corrected chi connectivity index (χ4v) is 1.96. The highest BCUT2D eigenvalue weighted by Crippen LogP contribution is 2.29. The molecule has 0 saturated heterocycles. The molecule has 0 N–H and O–H groups in total. The number of benzene rings is 1. The van der Waals surface area contributed by atoms with Gasteiger partial charge in [-0.25, -0.2) is 0 Å². The highest BCUT2D eigenvalue weighted by molar-refractivity contribution is 5.94. The third-order valence-electron chi connectivity index (χ3n) is 3.13. The van der Waals surface area contributed by atoms with E-state index in [1.807, 2.05) is 0 Å². The second-order valence-corrected chi connectivity index (χ2v) is 4.70. The van der Waals surface area contributed by atoms with Crippen LogP contribution in [-0.2, 0) is 6.61 Å². The minimum absolute atomic E-state index is 0.0464. The maximum absolute atomic E-state index is 11.4. The Morgan fingerprint density at radius 3 is 2.83 bits per heavy atom. The van der Waals surface area contributed by atoms with Crippen molar-refractivity contribution in [3.05, 3.63) is 48.0 Å². The Balaban J connectivity index is 1.72. The molecule has 3 aromatic rings. The van der Waals surface area contributed by atoms with Gasteiger partial charge in [0.2, 0.25) is 5.82 Å². The van der Waals surface area contributed by atoms with Crippen LogP contribution in [-0.4, -0.2) is 23.0 Å². The number of nitrogens with zero attached hydrogens (tertiary/aromatic N) is 2. The molecule has 0 fully saturated rings. The van der Waals surface area contributed by atoms with Gasteiger partial charge < -0.3 is 18.4 Å². The summed E-state index contributed by atoms with van der Waals surface area (Å²) in [6.07, 6.45) is 1.53. The van der Waals surface area contributed by atoms with Crippen molar-refractivity contribution < 1.29 is 23.2 Å². The molecule has 0 aliphatic rings. The van der Waals surface area contributed by atoms with E-state index < -0.39 is 0 Å². The number of hydrogen-bond acceptors (Lipinski definition) is 7. The third kappa shape index (κ3) is 3.23. The lowest BCUT2D eigenvalue weighted by Gasteiger charge is -2.09. The van der Waals surface area contributed by atoms with Gasteiger partial charge in [-0.05, 0) is 37.3 Å². The van der Waals surface area contributed by atoms with E-state index in [0.29, 0.717) is 34.5 Å². The Morgan fingerprint density at radius 1 is 1.26 bits per heavy atom. The molecule has 1 aromatic carbocycles. The molecule has 23 heavy (non-hydrogen) atoms. The van der Waals surface area contributed by atoms with E-state index in [2.05, 4.69) is 10.1 Å². The predicted molar refractivity (Wildman–Crippen MR) is 79.3 cm³/mol. The van der Waals surface area contributed by atoms with Gasteiger partial charge in [0.05, 0.1) is 13.4 Å². The van der Waals surface area contributed by atoms with E-state index in [1.54, 1.807) is 30.3 Å². The topological polar surface area (TPSA) is 87.6 Å². The quantitative estimate of drug-likeness (QED) is 0.646. The first-order valence-electron chi connectivity index (χ1n) is 6.85. The first kappa shape index (κ1) is 14.8. The molecule has 0 radical (unpaired) electrons. The van der Waals surface area contributed by atoms with Gasteiger partial charge in [-0.3, -0.25) is 4.79 Å². The molecule has 7 nitrogen and oxygen atoms in total.